The van der Waals surface area contributed by atoms with Crippen molar-refractivity contribution in [3.8, 4) is 0 Å². The van der Waals surface area contributed by atoms with Crippen molar-refractivity contribution in [3.05, 3.63) is 35.9 Å². The van der Waals surface area contributed by atoms with E-state index >= 15 is 0 Å². The highest BCUT2D eigenvalue weighted by atomic mass is 16.2. The van der Waals surface area contributed by atoms with Gasteiger partial charge in [0.05, 0.1) is 6.54 Å². The molecular weight excluding hydrogens is 254 g/mol. The number of likely N-dealkylation sites (N-methyl/N-ethyl adjacent to an activating group) is 1. The molecule has 0 radical (unpaired) electrons. The van der Waals surface area contributed by atoms with E-state index in [9.17, 15) is 9.59 Å². The van der Waals surface area contributed by atoms with E-state index in [0.29, 0.717) is 19.1 Å². The Bertz CT molecular complexity index is 457. The second-order valence-electron chi connectivity index (χ2n) is 4.99. The van der Waals surface area contributed by atoms with E-state index < -0.39 is 0 Å². The first-order valence-corrected chi connectivity index (χ1v) is 7.05. The molecule has 0 saturated heterocycles. The molecule has 5 nitrogen and oxygen atoms in total. The fraction of sp³-hybridized carbons (Fsp3) is 0.467. The molecule has 5 heteroatoms. The van der Waals surface area contributed by atoms with E-state index in [-0.39, 0.29) is 18.5 Å². The molecule has 0 unspecified atom stereocenters. The van der Waals surface area contributed by atoms with Crippen LogP contribution in [0.5, 0.6) is 0 Å². The van der Waals surface area contributed by atoms with Crippen LogP contribution in [0.2, 0.25) is 0 Å². The van der Waals surface area contributed by atoms with Crippen molar-refractivity contribution < 1.29 is 9.59 Å². The molecule has 0 atom stereocenters. The van der Waals surface area contributed by atoms with Crippen LogP contribution < -0.4 is 10.6 Å². The second-order valence-corrected chi connectivity index (χ2v) is 4.99. The van der Waals surface area contributed by atoms with Crippen molar-refractivity contribution in [2.75, 3.05) is 13.1 Å². The normalized spacial score (nSPS) is 13.7. The molecule has 1 aromatic rings. The van der Waals surface area contributed by atoms with Gasteiger partial charge in [-0.25, -0.2) is 4.79 Å². The zero-order chi connectivity index (χ0) is 14.4. The lowest BCUT2D eigenvalue weighted by atomic mass is 10.2. The zero-order valence-corrected chi connectivity index (χ0v) is 11.8. The number of carbonyl (C=O) groups excluding carboxylic acids is 2. The number of urea groups is 1. The predicted octanol–water partition coefficient (Wildman–Crippen LogP) is 1.50. The Labute approximate surface area is 119 Å². The van der Waals surface area contributed by atoms with Gasteiger partial charge >= 0.3 is 6.03 Å². The highest BCUT2D eigenvalue weighted by Crippen LogP contribution is 2.18. The summed E-state index contributed by atoms with van der Waals surface area (Å²) < 4.78 is 0. The summed E-state index contributed by atoms with van der Waals surface area (Å²) in [6, 6.07) is 9.88. The lowest BCUT2D eigenvalue weighted by Gasteiger charge is -2.21. The minimum absolute atomic E-state index is 0.0409. The molecule has 2 rings (SSSR count). The van der Waals surface area contributed by atoms with Gasteiger partial charge < -0.3 is 15.5 Å². The van der Waals surface area contributed by atoms with Crippen LogP contribution in [0.3, 0.4) is 0 Å². The van der Waals surface area contributed by atoms with Gasteiger partial charge in [0.15, 0.2) is 0 Å². The van der Waals surface area contributed by atoms with Crippen molar-refractivity contribution in [2.24, 2.45) is 0 Å². The number of benzene rings is 1. The molecule has 20 heavy (non-hydrogen) atoms. The SMILES string of the molecule is CCN(Cc1ccccc1)C(=O)CNC(=O)NC1CC1. The Morgan fingerprint density at radius 2 is 1.95 bits per heavy atom. The van der Waals surface area contributed by atoms with Gasteiger partial charge in [-0.3, -0.25) is 4.79 Å². The summed E-state index contributed by atoms with van der Waals surface area (Å²) in [4.78, 5) is 25.3. The molecule has 3 amide bonds. The molecule has 2 N–H and O–H groups in total. The minimum Gasteiger partial charge on any atom is -0.337 e. The molecule has 0 spiro atoms. The quantitative estimate of drug-likeness (QED) is 0.826. The van der Waals surface area contributed by atoms with Crippen molar-refractivity contribution in [1.29, 1.82) is 0 Å². The lowest BCUT2D eigenvalue weighted by molar-refractivity contribution is -0.130. The highest BCUT2D eigenvalue weighted by molar-refractivity contribution is 5.84. The van der Waals surface area contributed by atoms with Gasteiger partial charge in [-0.15, -0.1) is 0 Å². The van der Waals surface area contributed by atoms with Crippen LogP contribution in [0.25, 0.3) is 0 Å². The third-order valence-corrected chi connectivity index (χ3v) is 3.26. The number of carbonyl (C=O) groups is 2. The largest absolute Gasteiger partial charge is 0.337 e. The molecular formula is C15H21N3O2. The van der Waals surface area contributed by atoms with Crippen LogP contribution in [0.1, 0.15) is 25.3 Å². The summed E-state index contributed by atoms with van der Waals surface area (Å²) >= 11 is 0. The Morgan fingerprint density at radius 3 is 2.55 bits per heavy atom. The molecule has 1 aliphatic rings. The van der Waals surface area contributed by atoms with Crippen molar-refractivity contribution >= 4 is 11.9 Å². The Hall–Kier alpha value is -2.04. The van der Waals surface area contributed by atoms with E-state index in [1.165, 1.54) is 0 Å². The van der Waals surface area contributed by atoms with Crippen LogP contribution in [0.4, 0.5) is 4.79 Å². The van der Waals surface area contributed by atoms with Crippen LogP contribution in [0.15, 0.2) is 30.3 Å². The molecule has 0 bridgehead atoms. The van der Waals surface area contributed by atoms with Crippen LogP contribution in [-0.2, 0) is 11.3 Å². The fourth-order valence-corrected chi connectivity index (χ4v) is 1.91. The summed E-state index contributed by atoms with van der Waals surface area (Å²) in [5.41, 5.74) is 1.09. The highest BCUT2D eigenvalue weighted by Gasteiger charge is 2.23. The predicted molar refractivity (Wildman–Crippen MR) is 77.1 cm³/mol. The Balaban J connectivity index is 1.77. The van der Waals surface area contributed by atoms with Gasteiger partial charge in [0, 0.05) is 19.1 Å². The number of rotatable bonds is 6. The van der Waals surface area contributed by atoms with Gasteiger partial charge in [-0.2, -0.15) is 0 Å². The first-order valence-electron chi connectivity index (χ1n) is 7.05. The lowest BCUT2D eigenvalue weighted by Crippen LogP contribution is -2.44. The Kier molecular flexibility index (Phi) is 4.98. The van der Waals surface area contributed by atoms with E-state index in [1.807, 2.05) is 37.3 Å². The number of amides is 3. The average molecular weight is 275 g/mol. The van der Waals surface area contributed by atoms with Crippen LogP contribution in [0, 0.1) is 0 Å². The maximum Gasteiger partial charge on any atom is 0.315 e. The summed E-state index contributed by atoms with van der Waals surface area (Å²) in [6.45, 7) is 3.17. The van der Waals surface area contributed by atoms with Gasteiger partial charge in [0.25, 0.3) is 0 Å². The number of nitrogens with one attached hydrogen (secondary N) is 2. The van der Waals surface area contributed by atoms with Gasteiger partial charge in [-0.1, -0.05) is 30.3 Å². The average Bonchev–Trinajstić information content (AvgIpc) is 3.27. The smallest absolute Gasteiger partial charge is 0.315 e. The fourth-order valence-electron chi connectivity index (χ4n) is 1.91. The molecule has 1 aromatic carbocycles. The van der Waals surface area contributed by atoms with E-state index in [4.69, 9.17) is 0 Å². The number of hydrogen-bond acceptors (Lipinski definition) is 2. The topological polar surface area (TPSA) is 61.4 Å². The Morgan fingerprint density at radius 1 is 1.25 bits per heavy atom. The van der Waals surface area contributed by atoms with E-state index in [2.05, 4.69) is 10.6 Å². The zero-order valence-electron chi connectivity index (χ0n) is 11.8. The molecule has 1 fully saturated rings. The molecule has 1 aliphatic carbocycles. The molecule has 108 valence electrons. The molecule has 1 saturated carbocycles. The van der Waals surface area contributed by atoms with Crippen molar-refractivity contribution in [2.45, 2.75) is 32.4 Å². The summed E-state index contributed by atoms with van der Waals surface area (Å²) in [5.74, 6) is -0.0673. The van der Waals surface area contributed by atoms with Crippen LogP contribution >= 0.6 is 0 Å². The van der Waals surface area contributed by atoms with Gasteiger partial charge in [-0.05, 0) is 25.3 Å². The van der Waals surface area contributed by atoms with E-state index in [1.54, 1.807) is 4.90 Å². The maximum atomic E-state index is 12.1. The first-order chi connectivity index (χ1) is 9.69. The monoisotopic (exact) mass is 275 g/mol. The van der Waals surface area contributed by atoms with Crippen LogP contribution in [-0.4, -0.2) is 36.0 Å². The third kappa shape index (κ3) is 4.57. The maximum absolute atomic E-state index is 12.1. The van der Waals surface area contributed by atoms with Crippen molar-refractivity contribution in [1.82, 2.24) is 15.5 Å². The van der Waals surface area contributed by atoms with Crippen molar-refractivity contribution in [3.63, 3.8) is 0 Å². The first kappa shape index (κ1) is 14.4. The summed E-state index contributed by atoms with van der Waals surface area (Å²) in [5, 5.41) is 5.41. The molecule has 0 aromatic heterocycles. The van der Waals surface area contributed by atoms with E-state index in [0.717, 1.165) is 18.4 Å². The summed E-state index contributed by atoms with van der Waals surface area (Å²) in [7, 11) is 0. The standard InChI is InChI=1S/C15H21N3O2/c1-2-18(11-12-6-4-3-5-7-12)14(19)10-16-15(20)17-13-8-9-13/h3-7,13H,2,8-11H2,1H3,(H2,16,17,20). The summed E-state index contributed by atoms with van der Waals surface area (Å²) in [6.07, 6.45) is 2.08. The minimum atomic E-state index is -0.253. The van der Waals surface area contributed by atoms with Gasteiger partial charge in [0.2, 0.25) is 5.91 Å². The second kappa shape index (κ2) is 6.93. The number of nitrogens with zero attached hydrogens (tertiary/aromatic N) is 1. The van der Waals surface area contributed by atoms with Gasteiger partial charge in [0.1, 0.15) is 0 Å². The number of hydrogen-bond donors (Lipinski definition) is 2. The third-order valence-electron chi connectivity index (χ3n) is 3.26. The molecule has 0 aliphatic heterocycles. The molecule has 0 heterocycles.